The Labute approximate surface area is 231 Å². The minimum absolute atomic E-state index is 0.176. The van der Waals surface area contributed by atoms with Crippen molar-refractivity contribution >= 4 is 16.9 Å². The largest absolute Gasteiger partial charge is 0.497 e. The third kappa shape index (κ3) is 5.17. The molecule has 3 aromatic heterocycles. The van der Waals surface area contributed by atoms with Crippen molar-refractivity contribution in [3.05, 3.63) is 78.5 Å². The third-order valence-corrected chi connectivity index (χ3v) is 6.97. The first-order chi connectivity index (χ1) is 19.6. The summed E-state index contributed by atoms with van der Waals surface area (Å²) in [6.07, 6.45) is 6.23. The molecule has 5 aromatic rings. The van der Waals surface area contributed by atoms with Crippen LogP contribution in [0.5, 0.6) is 11.5 Å². The van der Waals surface area contributed by atoms with Crippen molar-refractivity contribution in [1.29, 1.82) is 0 Å². The molecule has 0 aliphatic carbocycles. The number of benzene rings is 2. The van der Waals surface area contributed by atoms with Crippen LogP contribution in [-0.2, 0) is 11.3 Å². The third-order valence-electron chi connectivity index (χ3n) is 6.97. The number of methoxy groups -OCH3 is 2. The maximum atomic E-state index is 13.8. The SMILES string of the molecule is COc1ccc(CNc2nc3c(-c4cn(C5CCCCO5)nc4-c4ccc(F)cc4)ncnc3cc2OC)cc1. The number of fused-ring (bicyclic) bond motifs is 1. The van der Waals surface area contributed by atoms with Gasteiger partial charge >= 0.3 is 0 Å². The van der Waals surface area contributed by atoms with Crippen LogP contribution < -0.4 is 14.8 Å². The Balaban J connectivity index is 1.43. The summed E-state index contributed by atoms with van der Waals surface area (Å²) in [5, 5.41) is 8.28. The van der Waals surface area contributed by atoms with Gasteiger partial charge in [0.15, 0.2) is 11.6 Å². The normalized spacial score (nSPS) is 15.2. The van der Waals surface area contributed by atoms with Crippen molar-refractivity contribution in [3.8, 4) is 34.0 Å². The quantitative estimate of drug-likeness (QED) is 0.255. The molecule has 204 valence electrons. The highest BCUT2D eigenvalue weighted by Gasteiger charge is 2.24. The van der Waals surface area contributed by atoms with Gasteiger partial charge in [-0.1, -0.05) is 12.1 Å². The van der Waals surface area contributed by atoms with Crippen LogP contribution in [0.4, 0.5) is 10.2 Å². The molecule has 6 rings (SSSR count). The maximum absolute atomic E-state index is 13.8. The van der Waals surface area contributed by atoms with Gasteiger partial charge in [0.25, 0.3) is 0 Å². The number of aromatic nitrogens is 5. The second kappa shape index (κ2) is 11.3. The first-order valence-electron chi connectivity index (χ1n) is 13.2. The molecule has 9 nitrogen and oxygen atoms in total. The summed E-state index contributed by atoms with van der Waals surface area (Å²) in [5.74, 6) is 1.61. The number of hydrogen-bond acceptors (Lipinski definition) is 8. The van der Waals surface area contributed by atoms with E-state index in [1.165, 1.54) is 18.5 Å². The summed E-state index contributed by atoms with van der Waals surface area (Å²) >= 11 is 0. The molecule has 4 heterocycles. The number of nitrogens with zero attached hydrogens (tertiary/aromatic N) is 5. The molecule has 0 saturated carbocycles. The van der Waals surface area contributed by atoms with Crippen LogP contribution in [0.2, 0.25) is 0 Å². The average molecular weight is 541 g/mol. The van der Waals surface area contributed by atoms with Gasteiger partial charge in [-0.15, -0.1) is 0 Å². The number of ether oxygens (including phenoxy) is 3. The highest BCUT2D eigenvalue weighted by atomic mass is 19.1. The van der Waals surface area contributed by atoms with Crippen molar-refractivity contribution in [3.63, 3.8) is 0 Å². The fourth-order valence-electron chi connectivity index (χ4n) is 4.84. The molecule has 0 radical (unpaired) electrons. The molecule has 2 aromatic carbocycles. The summed E-state index contributed by atoms with van der Waals surface area (Å²) in [7, 11) is 3.24. The summed E-state index contributed by atoms with van der Waals surface area (Å²) in [6.45, 7) is 1.21. The van der Waals surface area contributed by atoms with E-state index in [0.29, 0.717) is 47.1 Å². The van der Waals surface area contributed by atoms with E-state index in [1.54, 1.807) is 26.4 Å². The van der Waals surface area contributed by atoms with Crippen LogP contribution in [0.1, 0.15) is 31.1 Å². The molecular formula is C30H29FN6O3. The number of anilines is 1. The number of hydrogen-bond donors (Lipinski definition) is 1. The lowest BCUT2D eigenvalue weighted by atomic mass is 10.0. The molecule has 1 aliphatic heterocycles. The molecule has 10 heteroatoms. The zero-order chi connectivity index (χ0) is 27.5. The molecule has 0 spiro atoms. The number of pyridine rings is 1. The lowest BCUT2D eigenvalue weighted by Gasteiger charge is -2.22. The predicted molar refractivity (Wildman–Crippen MR) is 150 cm³/mol. The van der Waals surface area contributed by atoms with Crippen LogP contribution in [0, 0.1) is 5.82 Å². The van der Waals surface area contributed by atoms with Gasteiger partial charge in [0.2, 0.25) is 0 Å². The Bertz CT molecular complexity index is 1620. The van der Waals surface area contributed by atoms with E-state index >= 15 is 0 Å². The Morgan fingerprint density at radius 3 is 2.55 bits per heavy atom. The zero-order valence-electron chi connectivity index (χ0n) is 22.3. The summed E-state index contributed by atoms with van der Waals surface area (Å²) in [4.78, 5) is 14.0. The van der Waals surface area contributed by atoms with Gasteiger partial charge < -0.3 is 19.5 Å². The minimum Gasteiger partial charge on any atom is -0.497 e. The van der Waals surface area contributed by atoms with Crippen molar-refractivity contribution < 1.29 is 18.6 Å². The zero-order valence-corrected chi connectivity index (χ0v) is 22.3. The topological polar surface area (TPSA) is 96.2 Å². The van der Waals surface area contributed by atoms with E-state index in [0.717, 1.165) is 41.7 Å². The maximum Gasteiger partial charge on any atom is 0.169 e. The molecule has 0 bridgehead atoms. The van der Waals surface area contributed by atoms with Crippen LogP contribution >= 0.6 is 0 Å². The van der Waals surface area contributed by atoms with Gasteiger partial charge in [0.1, 0.15) is 41.0 Å². The second-order valence-electron chi connectivity index (χ2n) is 9.53. The standard InChI is InChI=1S/C30H29FN6O3/c1-38-22-12-6-19(7-13-22)16-32-30-25(39-2)15-24-29(35-30)28(34-18-33-24)23-17-37(26-5-3-4-14-40-26)36-27(23)20-8-10-21(31)11-9-20/h6-13,15,17-18,26H,3-5,14,16H2,1-2H3,(H,32,35). The van der Waals surface area contributed by atoms with Crippen LogP contribution in [-0.4, -0.2) is 45.6 Å². The minimum atomic E-state index is -0.311. The molecule has 1 aliphatic rings. The van der Waals surface area contributed by atoms with Crippen LogP contribution in [0.25, 0.3) is 33.5 Å². The molecule has 40 heavy (non-hydrogen) atoms. The Morgan fingerprint density at radius 1 is 1.00 bits per heavy atom. The monoisotopic (exact) mass is 540 g/mol. The van der Waals surface area contributed by atoms with E-state index in [9.17, 15) is 4.39 Å². The van der Waals surface area contributed by atoms with Gasteiger partial charge in [0.05, 0.1) is 19.7 Å². The highest BCUT2D eigenvalue weighted by Crippen LogP contribution is 2.37. The summed E-state index contributed by atoms with van der Waals surface area (Å²) in [5.41, 5.74) is 5.08. The smallest absolute Gasteiger partial charge is 0.169 e. The molecule has 1 fully saturated rings. The van der Waals surface area contributed by atoms with Crippen LogP contribution in [0.15, 0.2) is 67.1 Å². The average Bonchev–Trinajstić information content (AvgIpc) is 3.45. The molecule has 1 saturated heterocycles. The van der Waals surface area contributed by atoms with Crippen molar-refractivity contribution in [2.24, 2.45) is 0 Å². The van der Waals surface area contributed by atoms with E-state index in [-0.39, 0.29) is 12.0 Å². The summed E-state index contributed by atoms with van der Waals surface area (Å²) < 4.78 is 32.5. The number of nitrogens with one attached hydrogen (secondary N) is 1. The molecule has 1 atom stereocenters. The lowest BCUT2D eigenvalue weighted by Crippen LogP contribution is -2.18. The van der Waals surface area contributed by atoms with Crippen LogP contribution in [0.3, 0.4) is 0 Å². The molecule has 1 N–H and O–H groups in total. The second-order valence-corrected chi connectivity index (χ2v) is 9.53. The van der Waals surface area contributed by atoms with E-state index in [2.05, 4.69) is 15.3 Å². The van der Waals surface area contributed by atoms with Crippen molar-refractivity contribution in [1.82, 2.24) is 24.7 Å². The number of halogens is 1. The van der Waals surface area contributed by atoms with E-state index in [4.69, 9.17) is 24.3 Å². The first kappa shape index (κ1) is 25.7. The highest BCUT2D eigenvalue weighted by molar-refractivity contribution is 5.94. The van der Waals surface area contributed by atoms with Gasteiger partial charge in [-0.2, -0.15) is 5.10 Å². The van der Waals surface area contributed by atoms with Gasteiger partial charge in [-0.25, -0.2) is 24.0 Å². The van der Waals surface area contributed by atoms with Gasteiger partial charge in [-0.3, -0.25) is 0 Å². The Morgan fingerprint density at radius 2 is 1.82 bits per heavy atom. The molecule has 0 amide bonds. The number of rotatable bonds is 8. The summed E-state index contributed by atoms with van der Waals surface area (Å²) in [6, 6.07) is 15.9. The molecule has 1 unspecified atom stereocenters. The van der Waals surface area contributed by atoms with E-state index in [1.807, 2.05) is 41.2 Å². The first-order valence-corrected chi connectivity index (χ1v) is 13.2. The fraction of sp³-hybridized carbons (Fsp3) is 0.267. The van der Waals surface area contributed by atoms with E-state index < -0.39 is 0 Å². The predicted octanol–water partition coefficient (Wildman–Crippen LogP) is 6.02. The Hall–Kier alpha value is -4.57. The Kier molecular flexibility index (Phi) is 7.24. The van der Waals surface area contributed by atoms with Gasteiger partial charge in [-0.05, 0) is 61.2 Å². The van der Waals surface area contributed by atoms with Gasteiger partial charge in [0, 0.05) is 36.5 Å². The fourth-order valence-corrected chi connectivity index (χ4v) is 4.84. The van der Waals surface area contributed by atoms with Crippen molar-refractivity contribution in [2.45, 2.75) is 32.0 Å². The lowest BCUT2D eigenvalue weighted by molar-refractivity contribution is -0.0393. The molecular weight excluding hydrogens is 511 g/mol. The van der Waals surface area contributed by atoms with Crippen molar-refractivity contribution in [2.75, 3.05) is 26.1 Å².